The predicted octanol–water partition coefficient (Wildman–Crippen LogP) is 3.61. The Kier molecular flexibility index (Phi) is 3.44. The highest BCUT2D eigenvalue weighted by Gasteiger charge is 2.02. The number of nitrogen functional groups attached to an aromatic ring is 1. The van der Waals surface area contributed by atoms with E-state index in [0.29, 0.717) is 11.6 Å². The summed E-state index contributed by atoms with van der Waals surface area (Å²) in [5.41, 5.74) is 9.77. The van der Waals surface area contributed by atoms with Gasteiger partial charge in [-0.25, -0.2) is 0 Å². The van der Waals surface area contributed by atoms with Gasteiger partial charge in [0.15, 0.2) is 11.5 Å². The number of rotatable bonds is 3. The highest BCUT2D eigenvalue weighted by molar-refractivity contribution is 5.68. The summed E-state index contributed by atoms with van der Waals surface area (Å²) in [6.07, 6.45) is 5.81. The minimum absolute atomic E-state index is 0.548. The second-order valence-corrected chi connectivity index (χ2v) is 5.40. The van der Waals surface area contributed by atoms with Gasteiger partial charge in [0.25, 0.3) is 0 Å². The first-order valence-corrected chi connectivity index (χ1v) is 7.02. The van der Waals surface area contributed by atoms with Gasteiger partial charge in [-0.2, -0.15) is 0 Å². The third-order valence-electron chi connectivity index (χ3n) is 3.48. The first-order valence-electron chi connectivity index (χ1n) is 7.02. The van der Waals surface area contributed by atoms with E-state index in [1.165, 1.54) is 5.56 Å². The lowest BCUT2D eigenvalue weighted by Gasteiger charge is -2.04. The minimum Gasteiger partial charge on any atom is -0.398 e. The van der Waals surface area contributed by atoms with Crippen LogP contribution in [0.15, 0.2) is 42.6 Å². The maximum Gasteiger partial charge on any atom is 0.161 e. The van der Waals surface area contributed by atoms with Crippen LogP contribution in [0, 0.1) is 0 Å². The Bertz CT molecular complexity index is 782. The van der Waals surface area contributed by atoms with Crippen LogP contribution in [-0.2, 0) is 0 Å². The summed E-state index contributed by atoms with van der Waals surface area (Å²) in [6, 6.07) is 12.2. The zero-order chi connectivity index (χ0) is 14.8. The van der Waals surface area contributed by atoms with Crippen molar-refractivity contribution in [3.63, 3.8) is 0 Å². The Balaban J connectivity index is 1.89. The summed E-state index contributed by atoms with van der Waals surface area (Å²) in [5, 5.41) is 8.28. The number of hydrogen-bond donors (Lipinski definition) is 1. The maximum absolute atomic E-state index is 5.80. The van der Waals surface area contributed by atoms with Crippen molar-refractivity contribution in [1.82, 2.24) is 14.6 Å². The van der Waals surface area contributed by atoms with Crippen molar-refractivity contribution in [1.29, 1.82) is 0 Å². The van der Waals surface area contributed by atoms with Crippen LogP contribution in [-0.4, -0.2) is 14.6 Å². The third kappa shape index (κ3) is 2.79. The van der Waals surface area contributed by atoms with E-state index in [1.807, 2.05) is 34.9 Å². The largest absolute Gasteiger partial charge is 0.398 e. The molecule has 4 nitrogen and oxygen atoms in total. The highest BCUT2D eigenvalue weighted by Crippen LogP contribution is 2.16. The Labute approximate surface area is 123 Å². The number of benzene rings is 1. The van der Waals surface area contributed by atoms with Crippen molar-refractivity contribution in [2.75, 3.05) is 5.73 Å². The number of nitrogens with zero attached hydrogens (tertiary/aromatic N) is 3. The zero-order valence-electron chi connectivity index (χ0n) is 12.2. The molecule has 0 saturated heterocycles. The summed E-state index contributed by atoms with van der Waals surface area (Å²) in [5.74, 6) is 1.32. The summed E-state index contributed by atoms with van der Waals surface area (Å²) in [7, 11) is 0. The molecule has 0 atom stereocenters. The van der Waals surface area contributed by atoms with Gasteiger partial charge in [0, 0.05) is 11.9 Å². The van der Waals surface area contributed by atoms with Crippen LogP contribution in [0.1, 0.15) is 36.7 Å². The van der Waals surface area contributed by atoms with Gasteiger partial charge < -0.3 is 5.73 Å². The zero-order valence-corrected chi connectivity index (χ0v) is 12.2. The number of anilines is 1. The first kappa shape index (κ1) is 13.4. The van der Waals surface area contributed by atoms with Crippen LogP contribution in [0.25, 0.3) is 17.8 Å². The quantitative estimate of drug-likeness (QED) is 0.796. The Morgan fingerprint density at radius 3 is 2.48 bits per heavy atom. The molecule has 3 aromatic rings. The molecule has 4 heteroatoms. The molecule has 0 saturated carbocycles. The van der Waals surface area contributed by atoms with E-state index >= 15 is 0 Å². The first-order chi connectivity index (χ1) is 10.1. The van der Waals surface area contributed by atoms with Gasteiger partial charge in [0.05, 0.1) is 0 Å². The number of pyridine rings is 1. The molecule has 3 rings (SSSR count). The maximum atomic E-state index is 5.80. The van der Waals surface area contributed by atoms with Gasteiger partial charge in [-0.15, -0.1) is 10.2 Å². The van der Waals surface area contributed by atoms with E-state index in [0.717, 1.165) is 17.0 Å². The smallest absolute Gasteiger partial charge is 0.161 e. The normalized spacial score (nSPS) is 11.8. The molecule has 0 aliphatic rings. The molecule has 21 heavy (non-hydrogen) atoms. The summed E-state index contributed by atoms with van der Waals surface area (Å²) in [4.78, 5) is 0. The van der Waals surface area contributed by atoms with Gasteiger partial charge >= 0.3 is 0 Å². The van der Waals surface area contributed by atoms with E-state index in [-0.39, 0.29) is 0 Å². The molecule has 1 aromatic carbocycles. The van der Waals surface area contributed by atoms with Crippen LogP contribution in [0.3, 0.4) is 0 Å². The minimum atomic E-state index is 0.548. The second-order valence-electron chi connectivity index (χ2n) is 5.40. The van der Waals surface area contributed by atoms with Crippen molar-refractivity contribution < 1.29 is 0 Å². The summed E-state index contributed by atoms with van der Waals surface area (Å²) >= 11 is 0. The Morgan fingerprint density at radius 1 is 1.00 bits per heavy atom. The molecule has 0 amide bonds. The van der Waals surface area contributed by atoms with Gasteiger partial charge in [0.2, 0.25) is 0 Å². The molecule has 106 valence electrons. The van der Waals surface area contributed by atoms with Gasteiger partial charge in [-0.1, -0.05) is 44.2 Å². The third-order valence-corrected chi connectivity index (χ3v) is 3.48. The van der Waals surface area contributed by atoms with Crippen LogP contribution in [0.4, 0.5) is 5.69 Å². The van der Waals surface area contributed by atoms with E-state index in [4.69, 9.17) is 5.73 Å². The van der Waals surface area contributed by atoms with E-state index < -0.39 is 0 Å². The van der Waals surface area contributed by atoms with Crippen LogP contribution in [0.5, 0.6) is 0 Å². The van der Waals surface area contributed by atoms with Gasteiger partial charge in [-0.3, -0.25) is 4.40 Å². The molecule has 2 N–H and O–H groups in total. The fourth-order valence-corrected chi connectivity index (χ4v) is 2.20. The molecule has 2 aromatic heterocycles. The second kappa shape index (κ2) is 5.40. The fourth-order valence-electron chi connectivity index (χ4n) is 2.20. The number of hydrogen-bond acceptors (Lipinski definition) is 3. The average Bonchev–Trinajstić information content (AvgIpc) is 2.88. The van der Waals surface area contributed by atoms with Crippen molar-refractivity contribution in [2.45, 2.75) is 19.8 Å². The van der Waals surface area contributed by atoms with Crippen molar-refractivity contribution in [3.05, 3.63) is 59.5 Å². The van der Waals surface area contributed by atoms with E-state index in [9.17, 15) is 0 Å². The highest BCUT2D eigenvalue weighted by atomic mass is 15.2. The fraction of sp³-hybridized carbons (Fsp3) is 0.176. The molecule has 0 spiro atoms. The molecule has 0 aliphatic heterocycles. The molecule has 0 radical (unpaired) electrons. The number of nitrogens with two attached hydrogens (primary N) is 1. The lowest BCUT2D eigenvalue weighted by molar-refractivity contribution is 0.866. The molecular weight excluding hydrogens is 260 g/mol. The Hall–Kier alpha value is -2.62. The molecule has 0 aliphatic carbocycles. The van der Waals surface area contributed by atoms with Crippen LogP contribution < -0.4 is 5.73 Å². The Morgan fingerprint density at radius 2 is 1.76 bits per heavy atom. The monoisotopic (exact) mass is 278 g/mol. The van der Waals surface area contributed by atoms with E-state index in [1.54, 1.807) is 0 Å². The number of aromatic nitrogens is 3. The molecule has 2 heterocycles. The lowest BCUT2D eigenvalue weighted by Crippen LogP contribution is -1.92. The van der Waals surface area contributed by atoms with Gasteiger partial charge in [-0.05, 0) is 35.3 Å². The number of fused-ring (bicyclic) bond motifs is 1. The molecule has 0 fully saturated rings. The van der Waals surface area contributed by atoms with Crippen molar-refractivity contribution >= 4 is 23.5 Å². The standard InChI is InChI=1S/C17H18N4/c1-12(2)14-6-3-13(4-7-14)5-9-16-19-20-17-10-8-15(18)11-21(16)17/h3-12H,18H2,1-2H3/b9-5+. The summed E-state index contributed by atoms with van der Waals surface area (Å²) in [6.45, 7) is 4.38. The van der Waals surface area contributed by atoms with Gasteiger partial charge in [0.1, 0.15) is 0 Å². The SMILES string of the molecule is CC(C)c1ccc(/C=C/c2nnc3ccc(N)cn23)cc1. The summed E-state index contributed by atoms with van der Waals surface area (Å²) < 4.78 is 1.88. The molecular formula is C17H18N4. The van der Waals surface area contributed by atoms with E-state index in [2.05, 4.69) is 48.3 Å². The topological polar surface area (TPSA) is 56.2 Å². The molecule has 0 unspecified atom stereocenters. The van der Waals surface area contributed by atoms with Crippen LogP contribution >= 0.6 is 0 Å². The molecule has 0 bridgehead atoms. The lowest BCUT2D eigenvalue weighted by atomic mass is 10.0. The average molecular weight is 278 g/mol. The predicted molar refractivity (Wildman–Crippen MR) is 86.9 cm³/mol. The van der Waals surface area contributed by atoms with Crippen molar-refractivity contribution in [3.8, 4) is 0 Å². The van der Waals surface area contributed by atoms with Crippen molar-refractivity contribution in [2.24, 2.45) is 0 Å². The van der Waals surface area contributed by atoms with Crippen LogP contribution in [0.2, 0.25) is 0 Å².